The summed E-state index contributed by atoms with van der Waals surface area (Å²) in [5.74, 6) is -3.80. The molecule has 6 N–H and O–H groups in total. The van der Waals surface area contributed by atoms with Crippen molar-refractivity contribution in [1.82, 2.24) is 10.2 Å². The normalized spacial score (nSPS) is 9.92. The van der Waals surface area contributed by atoms with E-state index < -0.39 is 34.6 Å². The van der Waals surface area contributed by atoms with Gasteiger partial charge in [0.1, 0.15) is 17.5 Å². The van der Waals surface area contributed by atoms with Gasteiger partial charge in [-0.1, -0.05) is 12.1 Å². The number of hydrogen-bond acceptors (Lipinski definition) is 5. The summed E-state index contributed by atoms with van der Waals surface area (Å²) < 4.78 is 52.8. The third-order valence-electron chi connectivity index (χ3n) is 5.03. The van der Waals surface area contributed by atoms with Gasteiger partial charge >= 0.3 is 0 Å². The van der Waals surface area contributed by atoms with Gasteiger partial charge in [0.05, 0.1) is 11.3 Å². The molecule has 0 radical (unpaired) electrons. The van der Waals surface area contributed by atoms with Crippen molar-refractivity contribution in [2.45, 2.75) is 16.7 Å². The number of halogens is 4. The molecule has 0 spiro atoms. The average Bonchev–Trinajstić information content (AvgIpc) is 2.88. The third-order valence-corrected chi connectivity index (χ3v) is 5.67. The van der Waals surface area contributed by atoms with Gasteiger partial charge in [0.15, 0.2) is 5.82 Å². The fraction of sp³-hybridized carbons (Fsp3) is 0.0741. The Labute approximate surface area is 228 Å². The van der Waals surface area contributed by atoms with Crippen LogP contribution in [0, 0.1) is 30.2 Å². The first kappa shape index (κ1) is 30.6. The minimum absolute atomic E-state index is 0.0370. The highest BCUT2D eigenvalue weighted by Gasteiger charge is 2.22. The van der Waals surface area contributed by atoms with Crippen LogP contribution in [0.15, 0.2) is 82.8 Å². The summed E-state index contributed by atoms with van der Waals surface area (Å²) in [6.45, 7) is 1.69. The minimum Gasteiger partial charge on any atom is -0.396 e. The fourth-order valence-electron chi connectivity index (χ4n) is 3.16. The summed E-state index contributed by atoms with van der Waals surface area (Å²) in [6, 6.07) is 14.4. The SMILES string of the molecule is CN.Cc1cc(-c2ccc(S)cc2)c[nH][nH]cc1C(=O)c1c(F)ccc(N)c1F.Fc1ccc(F)c(S)c1. The second-order valence-corrected chi connectivity index (χ2v) is 8.57. The number of benzene rings is 3. The molecule has 0 saturated heterocycles. The Bertz CT molecular complexity index is 1450. The van der Waals surface area contributed by atoms with Crippen molar-refractivity contribution in [3.63, 3.8) is 0 Å². The first-order valence-corrected chi connectivity index (χ1v) is 11.9. The zero-order valence-corrected chi connectivity index (χ0v) is 22.2. The van der Waals surface area contributed by atoms with E-state index in [1.807, 2.05) is 24.3 Å². The van der Waals surface area contributed by atoms with E-state index >= 15 is 0 Å². The maximum atomic E-state index is 14.3. The van der Waals surface area contributed by atoms with Crippen molar-refractivity contribution in [3.05, 3.63) is 113 Å². The van der Waals surface area contributed by atoms with Crippen LogP contribution in [-0.2, 0) is 0 Å². The lowest BCUT2D eigenvalue weighted by atomic mass is 9.98. The molecule has 0 amide bonds. The van der Waals surface area contributed by atoms with Crippen LogP contribution in [0.2, 0.25) is 0 Å². The van der Waals surface area contributed by atoms with Gasteiger partial charge in [-0.2, -0.15) is 0 Å². The van der Waals surface area contributed by atoms with Crippen molar-refractivity contribution in [3.8, 4) is 11.1 Å². The van der Waals surface area contributed by atoms with Crippen LogP contribution in [0.3, 0.4) is 0 Å². The topological polar surface area (TPSA) is 101 Å². The molecule has 0 aliphatic rings. The Balaban J connectivity index is 0.000000387. The lowest BCUT2D eigenvalue weighted by molar-refractivity contribution is 0.103. The number of thiol groups is 2. The van der Waals surface area contributed by atoms with Gasteiger partial charge < -0.3 is 21.7 Å². The van der Waals surface area contributed by atoms with Crippen molar-refractivity contribution in [2.75, 3.05) is 12.8 Å². The Hall–Kier alpha value is -3.67. The van der Waals surface area contributed by atoms with Crippen molar-refractivity contribution >= 4 is 36.7 Å². The molecule has 0 fully saturated rings. The number of rotatable bonds is 3. The van der Waals surface area contributed by atoms with Gasteiger partial charge in [-0.05, 0) is 79.2 Å². The van der Waals surface area contributed by atoms with Crippen LogP contribution in [0.4, 0.5) is 23.2 Å². The van der Waals surface area contributed by atoms with E-state index in [2.05, 4.69) is 41.2 Å². The Morgan fingerprint density at radius 2 is 1.39 bits per heavy atom. The Kier molecular flexibility index (Phi) is 11.5. The molecule has 0 aliphatic heterocycles. The highest BCUT2D eigenvalue weighted by Crippen LogP contribution is 2.25. The van der Waals surface area contributed by atoms with Crippen LogP contribution >= 0.6 is 25.3 Å². The van der Waals surface area contributed by atoms with E-state index in [9.17, 15) is 22.4 Å². The van der Waals surface area contributed by atoms with E-state index in [4.69, 9.17) is 5.73 Å². The lowest BCUT2D eigenvalue weighted by Gasteiger charge is -2.09. The summed E-state index contributed by atoms with van der Waals surface area (Å²) >= 11 is 7.92. The summed E-state index contributed by atoms with van der Waals surface area (Å²) in [6.07, 6.45) is 3.08. The average molecular weight is 563 g/mol. The van der Waals surface area contributed by atoms with E-state index in [1.54, 1.807) is 19.2 Å². The van der Waals surface area contributed by atoms with E-state index in [0.29, 0.717) is 5.56 Å². The molecule has 0 atom stereocenters. The lowest BCUT2D eigenvalue weighted by Crippen LogP contribution is -2.11. The number of H-pyrrole nitrogens is 2. The molecular weight excluding hydrogens is 536 g/mol. The first-order chi connectivity index (χ1) is 18.1. The molecule has 4 rings (SSSR count). The fourth-order valence-corrected chi connectivity index (χ4v) is 3.51. The molecule has 11 heteroatoms. The van der Waals surface area contributed by atoms with Crippen molar-refractivity contribution in [1.29, 1.82) is 0 Å². The summed E-state index contributed by atoms with van der Waals surface area (Å²) in [7, 11) is 1.50. The number of aromatic nitrogens is 2. The molecule has 200 valence electrons. The van der Waals surface area contributed by atoms with E-state index in [1.165, 1.54) is 13.2 Å². The van der Waals surface area contributed by atoms with Crippen LogP contribution in [-0.4, -0.2) is 23.0 Å². The molecule has 0 unspecified atom stereocenters. The molecule has 3 aromatic carbocycles. The highest BCUT2D eigenvalue weighted by atomic mass is 32.1. The number of anilines is 1. The van der Waals surface area contributed by atoms with Crippen LogP contribution in [0.25, 0.3) is 11.1 Å². The Morgan fingerprint density at radius 3 is 2.00 bits per heavy atom. The van der Waals surface area contributed by atoms with Crippen LogP contribution in [0.5, 0.6) is 0 Å². The second-order valence-electron chi connectivity index (χ2n) is 7.57. The molecular formula is C27H26F4N4OS2. The number of aromatic amines is 2. The first-order valence-electron chi connectivity index (χ1n) is 11.0. The molecule has 5 nitrogen and oxygen atoms in total. The van der Waals surface area contributed by atoms with E-state index in [0.717, 1.165) is 46.4 Å². The zero-order chi connectivity index (χ0) is 28.4. The monoisotopic (exact) mass is 562 g/mol. The summed E-state index contributed by atoms with van der Waals surface area (Å²) in [5, 5.41) is 5.57. The number of nitrogen functional groups attached to an aromatic ring is 1. The number of nitrogens with one attached hydrogen (secondary N) is 2. The van der Waals surface area contributed by atoms with Gasteiger partial charge in [0.25, 0.3) is 0 Å². The van der Waals surface area contributed by atoms with Crippen molar-refractivity contribution in [2.24, 2.45) is 5.73 Å². The largest absolute Gasteiger partial charge is 0.396 e. The third kappa shape index (κ3) is 7.91. The highest BCUT2D eigenvalue weighted by molar-refractivity contribution is 7.80. The van der Waals surface area contributed by atoms with Gasteiger partial charge in [-0.15, -0.1) is 25.3 Å². The molecule has 4 aromatic rings. The molecule has 0 bridgehead atoms. The van der Waals surface area contributed by atoms with Gasteiger partial charge in [0, 0.05) is 27.7 Å². The van der Waals surface area contributed by atoms with Gasteiger partial charge in [0.2, 0.25) is 5.78 Å². The summed E-state index contributed by atoms with van der Waals surface area (Å²) in [4.78, 5) is 13.7. The Morgan fingerprint density at radius 1 is 0.789 bits per heavy atom. The molecule has 38 heavy (non-hydrogen) atoms. The van der Waals surface area contributed by atoms with Crippen LogP contribution in [0.1, 0.15) is 21.5 Å². The standard InChI is InChI=1S/C20H17F2N3OS.C6H4F2S.CH5N/c1-11-8-13(12-2-4-14(27)5-3-12)9-24-25-10-15(11)20(26)18-16(21)6-7-17(23)19(18)22;7-4-1-2-5(8)6(9)3-4;1-2/h2-10,24-25,27H,23H2,1H3;1-3,9H;2H2,1H3. The predicted molar refractivity (Wildman–Crippen MR) is 148 cm³/mol. The van der Waals surface area contributed by atoms with Crippen molar-refractivity contribution < 1.29 is 22.4 Å². The van der Waals surface area contributed by atoms with Gasteiger partial charge in [-0.25, -0.2) is 17.6 Å². The molecule has 1 aromatic heterocycles. The number of aryl methyl sites for hydroxylation is 1. The maximum Gasteiger partial charge on any atom is 0.200 e. The second kappa shape index (κ2) is 14.3. The molecule has 0 saturated carbocycles. The smallest absolute Gasteiger partial charge is 0.200 e. The van der Waals surface area contributed by atoms with Gasteiger partial charge in [-0.3, -0.25) is 4.79 Å². The molecule has 0 aliphatic carbocycles. The molecule has 1 heterocycles. The minimum atomic E-state index is -1.07. The quantitative estimate of drug-likeness (QED) is 0.0730. The zero-order valence-electron chi connectivity index (χ0n) is 20.4. The summed E-state index contributed by atoms with van der Waals surface area (Å²) in [5.41, 5.74) is 11.3. The number of carbonyl (C=O) groups excluding carboxylic acids is 1. The number of hydrogen-bond donors (Lipinski definition) is 6. The van der Waals surface area contributed by atoms with Crippen LogP contribution < -0.4 is 11.5 Å². The predicted octanol–water partition coefficient (Wildman–Crippen LogP) is 6.65. The number of ketones is 1. The number of nitrogens with two attached hydrogens (primary N) is 2. The van der Waals surface area contributed by atoms with E-state index in [-0.39, 0.29) is 16.1 Å². The maximum absolute atomic E-state index is 14.3. The number of carbonyl (C=O) groups is 1.